The van der Waals surface area contributed by atoms with Gasteiger partial charge in [-0.1, -0.05) is 0 Å². The molecule has 2 fully saturated rings. The van der Waals surface area contributed by atoms with E-state index in [0.717, 1.165) is 72.2 Å². The molecule has 25 heavy (non-hydrogen) atoms. The third kappa shape index (κ3) is 2.47. The quantitative estimate of drug-likeness (QED) is 0.781. The minimum absolute atomic E-state index is 0.265. The molecule has 0 radical (unpaired) electrons. The van der Waals surface area contributed by atoms with Crippen LogP contribution in [0.2, 0.25) is 0 Å². The van der Waals surface area contributed by atoms with Crippen molar-refractivity contribution in [2.24, 2.45) is 5.92 Å². The normalized spacial score (nSPS) is 21.2. The Morgan fingerprint density at radius 1 is 1.28 bits per heavy atom. The van der Waals surface area contributed by atoms with E-state index in [0.29, 0.717) is 5.91 Å². The van der Waals surface area contributed by atoms with Gasteiger partial charge in [-0.25, -0.2) is 15.0 Å². The monoisotopic (exact) mass is 335 g/mol. The average molecular weight is 335 g/mol. The smallest absolute Gasteiger partial charge is 0.225 e. The topological polar surface area (TPSA) is 74.8 Å². The highest BCUT2D eigenvalue weighted by Crippen LogP contribution is 2.36. The van der Waals surface area contributed by atoms with Gasteiger partial charge in [0.25, 0.3) is 0 Å². The van der Waals surface area contributed by atoms with Crippen molar-refractivity contribution in [3.63, 3.8) is 0 Å². The number of fused-ring (bicyclic) bond motifs is 3. The number of H-pyrrole nitrogens is 1. The van der Waals surface area contributed by atoms with Crippen molar-refractivity contribution in [1.29, 1.82) is 0 Å². The molecule has 1 aliphatic carbocycles. The van der Waals surface area contributed by atoms with Gasteiger partial charge in [0, 0.05) is 41.9 Å². The summed E-state index contributed by atoms with van der Waals surface area (Å²) < 4.78 is 0. The number of piperidine rings is 1. The largest absolute Gasteiger partial charge is 0.346 e. The van der Waals surface area contributed by atoms with Crippen LogP contribution in [-0.4, -0.2) is 43.8 Å². The molecule has 0 bridgehead atoms. The van der Waals surface area contributed by atoms with Gasteiger partial charge in [0.2, 0.25) is 5.91 Å². The third-order valence-corrected chi connectivity index (χ3v) is 5.43. The number of nitrogens with zero attached hydrogens (tertiary/aromatic N) is 4. The minimum Gasteiger partial charge on any atom is -0.346 e. The number of rotatable bonds is 2. The number of amides is 1. The Morgan fingerprint density at radius 3 is 3.00 bits per heavy atom. The minimum atomic E-state index is 0.265. The fourth-order valence-corrected chi connectivity index (χ4v) is 4.07. The van der Waals surface area contributed by atoms with Crippen molar-refractivity contribution in [2.75, 3.05) is 13.1 Å². The van der Waals surface area contributed by atoms with Gasteiger partial charge < -0.3 is 9.88 Å². The maximum atomic E-state index is 12.5. The zero-order valence-corrected chi connectivity index (χ0v) is 14.3. The van der Waals surface area contributed by atoms with Gasteiger partial charge in [0.05, 0.1) is 17.4 Å². The zero-order valence-electron chi connectivity index (χ0n) is 14.3. The molecule has 4 heterocycles. The first-order chi connectivity index (χ1) is 12.2. The average Bonchev–Trinajstić information content (AvgIpc) is 3.37. The molecule has 6 nitrogen and oxygen atoms in total. The molecule has 1 aliphatic heterocycles. The Bertz CT molecular complexity index is 975. The van der Waals surface area contributed by atoms with Crippen molar-refractivity contribution in [2.45, 2.75) is 38.5 Å². The van der Waals surface area contributed by atoms with E-state index in [1.807, 2.05) is 25.4 Å². The van der Waals surface area contributed by atoms with Crippen LogP contribution in [0, 0.1) is 12.8 Å². The van der Waals surface area contributed by atoms with Crippen LogP contribution in [-0.2, 0) is 4.79 Å². The summed E-state index contributed by atoms with van der Waals surface area (Å²) in [4.78, 5) is 31.6. The van der Waals surface area contributed by atoms with Gasteiger partial charge in [0.1, 0.15) is 11.5 Å². The molecule has 3 aromatic rings. The van der Waals surface area contributed by atoms with Gasteiger partial charge in [0.15, 0.2) is 0 Å². The van der Waals surface area contributed by atoms with Crippen molar-refractivity contribution in [1.82, 2.24) is 24.8 Å². The predicted octanol–water partition coefficient (Wildman–Crippen LogP) is 2.93. The highest BCUT2D eigenvalue weighted by molar-refractivity contribution is 6.04. The number of nitrogens with one attached hydrogen (secondary N) is 1. The lowest BCUT2D eigenvalue weighted by Gasteiger charge is -2.33. The van der Waals surface area contributed by atoms with Crippen LogP contribution in [0.25, 0.3) is 21.9 Å². The fourth-order valence-electron chi connectivity index (χ4n) is 4.07. The number of carbonyl (C=O) groups is 1. The summed E-state index contributed by atoms with van der Waals surface area (Å²) in [6, 6.07) is 2.04. The van der Waals surface area contributed by atoms with Crippen LogP contribution in [0.4, 0.5) is 0 Å². The standard InChI is InChI=1S/C19H21N5O/c1-11-22-15-9-21-18-14(6-7-20-18)16(15)17(23-11)13-3-2-8-24(10-13)19(25)12-4-5-12/h6-7,9,12-13H,2-5,8,10H2,1H3,(H,20,21). The first-order valence-corrected chi connectivity index (χ1v) is 9.10. The molecule has 5 rings (SSSR count). The maximum Gasteiger partial charge on any atom is 0.225 e. The number of aromatic amines is 1. The summed E-state index contributed by atoms with van der Waals surface area (Å²) in [7, 11) is 0. The van der Waals surface area contributed by atoms with E-state index in [4.69, 9.17) is 4.98 Å². The molecular formula is C19H21N5O. The number of hydrogen-bond acceptors (Lipinski definition) is 4. The number of carbonyl (C=O) groups excluding carboxylic acids is 1. The second-order valence-corrected chi connectivity index (χ2v) is 7.31. The first-order valence-electron chi connectivity index (χ1n) is 9.10. The van der Waals surface area contributed by atoms with E-state index >= 15 is 0 Å². The van der Waals surface area contributed by atoms with Crippen molar-refractivity contribution < 1.29 is 4.79 Å². The van der Waals surface area contributed by atoms with E-state index in [9.17, 15) is 4.79 Å². The molecule has 3 aromatic heterocycles. The molecule has 1 amide bonds. The highest BCUT2D eigenvalue weighted by atomic mass is 16.2. The summed E-state index contributed by atoms with van der Waals surface area (Å²) >= 11 is 0. The summed E-state index contributed by atoms with van der Waals surface area (Å²) in [6.07, 6.45) is 7.95. The van der Waals surface area contributed by atoms with Gasteiger partial charge in [-0.2, -0.15) is 0 Å². The Balaban J connectivity index is 1.61. The summed E-state index contributed by atoms with van der Waals surface area (Å²) in [5.41, 5.74) is 2.82. The molecule has 2 aliphatic rings. The van der Waals surface area contributed by atoms with Gasteiger partial charge >= 0.3 is 0 Å². The van der Waals surface area contributed by atoms with Crippen molar-refractivity contribution in [3.8, 4) is 0 Å². The molecule has 128 valence electrons. The molecule has 0 spiro atoms. The van der Waals surface area contributed by atoms with E-state index in [1.165, 1.54) is 0 Å². The Morgan fingerprint density at radius 2 is 2.16 bits per heavy atom. The zero-order chi connectivity index (χ0) is 17.0. The van der Waals surface area contributed by atoms with Crippen molar-refractivity contribution in [3.05, 3.63) is 30.0 Å². The summed E-state index contributed by atoms with van der Waals surface area (Å²) in [5.74, 6) is 1.66. The Hall–Kier alpha value is -2.50. The number of aromatic nitrogens is 4. The number of aryl methyl sites for hydroxylation is 1. The van der Waals surface area contributed by atoms with Gasteiger partial charge in [-0.3, -0.25) is 4.79 Å². The molecule has 6 heteroatoms. The van der Waals surface area contributed by atoms with Gasteiger partial charge in [-0.15, -0.1) is 0 Å². The summed E-state index contributed by atoms with van der Waals surface area (Å²) in [6.45, 7) is 3.59. The lowest BCUT2D eigenvalue weighted by Crippen LogP contribution is -2.40. The van der Waals surface area contributed by atoms with Crippen LogP contribution >= 0.6 is 0 Å². The molecule has 0 aromatic carbocycles. The maximum absolute atomic E-state index is 12.5. The van der Waals surface area contributed by atoms with E-state index in [1.54, 1.807) is 0 Å². The fraction of sp³-hybridized carbons (Fsp3) is 0.474. The summed E-state index contributed by atoms with van der Waals surface area (Å²) in [5, 5.41) is 2.15. The first kappa shape index (κ1) is 14.8. The lowest BCUT2D eigenvalue weighted by atomic mass is 9.91. The lowest BCUT2D eigenvalue weighted by molar-refractivity contribution is -0.133. The third-order valence-electron chi connectivity index (χ3n) is 5.43. The predicted molar refractivity (Wildman–Crippen MR) is 95.2 cm³/mol. The van der Waals surface area contributed by atoms with Crippen LogP contribution in [0.5, 0.6) is 0 Å². The second-order valence-electron chi connectivity index (χ2n) is 7.31. The highest BCUT2D eigenvalue weighted by Gasteiger charge is 2.36. The SMILES string of the molecule is Cc1nc(C2CCCN(C(=O)C3CC3)C2)c2c(cnc3[nH]ccc32)n1. The Labute approximate surface area is 145 Å². The molecule has 1 saturated heterocycles. The molecule has 1 N–H and O–H groups in total. The van der Waals surface area contributed by atoms with E-state index < -0.39 is 0 Å². The number of pyridine rings is 1. The van der Waals surface area contributed by atoms with Crippen molar-refractivity contribution >= 4 is 27.8 Å². The Kier molecular flexibility index (Phi) is 3.26. The van der Waals surface area contributed by atoms with Crippen LogP contribution < -0.4 is 0 Å². The number of hydrogen-bond donors (Lipinski definition) is 1. The molecule has 1 saturated carbocycles. The molecular weight excluding hydrogens is 314 g/mol. The second kappa shape index (κ2) is 5.51. The van der Waals surface area contributed by atoms with E-state index in [2.05, 4.69) is 19.9 Å². The molecule has 1 unspecified atom stereocenters. The molecule has 1 atom stereocenters. The van der Waals surface area contributed by atoms with Crippen LogP contribution in [0.15, 0.2) is 18.5 Å². The van der Waals surface area contributed by atoms with Gasteiger partial charge in [-0.05, 0) is 38.7 Å². The van der Waals surface area contributed by atoms with E-state index in [-0.39, 0.29) is 11.8 Å². The van der Waals surface area contributed by atoms with Crippen LogP contribution in [0.1, 0.15) is 43.1 Å². The van der Waals surface area contributed by atoms with Crippen LogP contribution in [0.3, 0.4) is 0 Å². The number of likely N-dealkylation sites (tertiary alicyclic amines) is 1.